The summed E-state index contributed by atoms with van der Waals surface area (Å²) in [6, 6.07) is 1.40. The highest BCUT2D eigenvalue weighted by molar-refractivity contribution is 14.1. The molecule has 0 aliphatic rings. The third-order valence-corrected chi connectivity index (χ3v) is 1.66. The second kappa shape index (κ2) is 2.61. The summed E-state index contributed by atoms with van der Waals surface area (Å²) in [7, 11) is 0. The van der Waals surface area contributed by atoms with Crippen molar-refractivity contribution in [3.63, 3.8) is 0 Å². The maximum atomic E-state index is 10.7. The minimum atomic E-state index is -0.482. The second-order valence-corrected chi connectivity index (χ2v) is 2.91. The van der Waals surface area contributed by atoms with Crippen LogP contribution >= 0.6 is 22.6 Å². The molecule has 0 fully saturated rings. The first-order chi connectivity index (χ1) is 4.61. The highest BCUT2D eigenvalue weighted by Crippen LogP contribution is 2.14. The number of hydrogen-bond donors (Lipinski definition) is 1. The molecule has 4 heteroatoms. The first kappa shape index (κ1) is 7.59. The minimum absolute atomic E-state index is 0.0133. The summed E-state index contributed by atoms with van der Waals surface area (Å²) in [5, 5.41) is 9.02. The molecule has 1 aromatic heterocycles. The molecular weight excluding hydrogens is 247 g/mol. The third-order valence-electron chi connectivity index (χ3n) is 1.13. The zero-order valence-electron chi connectivity index (χ0n) is 5.22. The lowest BCUT2D eigenvalue weighted by molar-refractivity contribution is 0.428. The van der Waals surface area contributed by atoms with Gasteiger partial charge in [0.2, 0.25) is 0 Å². The Bertz CT molecular complexity index is 302. The van der Waals surface area contributed by atoms with E-state index in [4.69, 9.17) is 5.11 Å². The number of rotatable bonds is 0. The van der Waals surface area contributed by atoms with Gasteiger partial charge >= 0.3 is 5.63 Å². The first-order valence-corrected chi connectivity index (χ1v) is 3.68. The summed E-state index contributed by atoms with van der Waals surface area (Å²) in [6.45, 7) is 1.51. The molecule has 0 amide bonds. The Hall–Kier alpha value is -0.520. The summed E-state index contributed by atoms with van der Waals surface area (Å²) in [4.78, 5) is 10.7. The molecule has 54 valence electrons. The molecule has 1 rings (SSSR count). The molecule has 0 spiro atoms. The number of aromatic hydroxyl groups is 1. The van der Waals surface area contributed by atoms with Crippen LogP contribution in [0.15, 0.2) is 15.3 Å². The van der Waals surface area contributed by atoms with Crippen molar-refractivity contribution in [3.8, 4) is 5.75 Å². The van der Waals surface area contributed by atoms with Crippen molar-refractivity contribution in [1.29, 1.82) is 0 Å². The lowest BCUT2D eigenvalue weighted by Crippen LogP contribution is -2.02. The summed E-state index contributed by atoms with van der Waals surface area (Å²) >= 11 is 1.82. The van der Waals surface area contributed by atoms with Crippen LogP contribution in [0.5, 0.6) is 5.75 Å². The van der Waals surface area contributed by atoms with Gasteiger partial charge in [0.05, 0.1) is 5.56 Å². The van der Waals surface area contributed by atoms with Gasteiger partial charge in [-0.05, 0) is 29.5 Å². The SMILES string of the molecule is Cc1c(O)cc(I)oc1=O. The smallest absolute Gasteiger partial charge is 0.343 e. The van der Waals surface area contributed by atoms with Crippen LogP contribution in [0.4, 0.5) is 0 Å². The molecule has 1 aromatic rings. The Balaban J connectivity index is 3.46. The summed E-state index contributed by atoms with van der Waals surface area (Å²) in [5.74, 6) is -0.0133. The largest absolute Gasteiger partial charge is 0.507 e. The van der Waals surface area contributed by atoms with E-state index >= 15 is 0 Å². The van der Waals surface area contributed by atoms with E-state index in [1.54, 1.807) is 0 Å². The van der Waals surface area contributed by atoms with Gasteiger partial charge in [-0.15, -0.1) is 0 Å². The second-order valence-electron chi connectivity index (χ2n) is 1.85. The molecule has 0 radical (unpaired) electrons. The van der Waals surface area contributed by atoms with E-state index < -0.39 is 5.63 Å². The van der Waals surface area contributed by atoms with Crippen LogP contribution in [0.25, 0.3) is 0 Å². The maximum Gasteiger partial charge on any atom is 0.343 e. The van der Waals surface area contributed by atoms with Crippen molar-refractivity contribution >= 4 is 22.6 Å². The van der Waals surface area contributed by atoms with Crippen LogP contribution in [0.1, 0.15) is 5.56 Å². The normalized spacial score (nSPS) is 9.80. The zero-order chi connectivity index (χ0) is 7.72. The molecule has 1 heterocycles. The fourth-order valence-electron chi connectivity index (χ4n) is 0.515. The Morgan fingerprint density at radius 1 is 1.70 bits per heavy atom. The topological polar surface area (TPSA) is 50.4 Å². The van der Waals surface area contributed by atoms with Gasteiger partial charge in [-0.2, -0.15) is 0 Å². The Kier molecular flexibility index (Phi) is 1.98. The molecule has 0 aliphatic carbocycles. The molecule has 3 nitrogen and oxygen atoms in total. The summed E-state index contributed by atoms with van der Waals surface area (Å²) < 4.78 is 5.05. The molecule has 0 saturated carbocycles. The molecular formula is C6H5IO3. The molecule has 0 unspecified atom stereocenters. The lowest BCUT2D eigenvalue weighted by atomic mass is 10.3. The number of halogens is 1. The van der Waals surface area contributed by atoms with Gasteiger partial charge in [0.15, 0.2) is 3.77 Å². The van der Waals surface area contributed by atoms with Crippen molar-refractivity contribution in [2.45, 2.75) is 6.92 Å². The standard InChI is InChI=1S/C6H5IO3/c1-3-4(8)2-5(7)10-6(3)9/h2,8H,1H3. The third kappa shape index (κ3) is 1.31. The average molecular weight is 252 g/mol. The van der Waals surface area contributed by atoms with Crippen molar-refractivity contribution in [1.82, 2.24) is 0 Å². The fraction of sp³-hybridized carbons (Fsp3) is 0.167. The van der Waals surface area contributed by atoms with E-state index in [9.17, 15) is 4.79 Å². The van der Waals surface area contributed by atoms with E-state index in [0.717, 1.165) is 0 Å². The lowest BCUT2D eigenvalue weighted by Gasteiger charge is -1.94. The average Bonchev–Trinajstić information content (AvgIpc) is 1.82. The van der Waals surface area contributed by atoms with Gasteiger partial charge in [-0.25, -0.2) is 4.79 Å². The van der Waals surface area contributed by atoms with E-state index in [1.807, 2.05) is 22.6 Å². The van der Waals surface area contributed by atoms with Crippen molar-refractivity contribution in [3.05, 3.63) is 25.8 Å². The molecule has 1 N–H and O–H groups in total. The van der Waals surface area contributed by atoms with Crippen LogP contribution in [-0.4, -0.2) is 5.11 Å². The van der Waals surface area contributed by atoms with Gasteiger partial charge in [-0.3, -0.25) is 0 Å². The summed E-state index contributed by atoms with van der Waals surface area (Å²) in [5.41, 5.74) is -0.232. The minimum Gasteiger partial charge on any atom is -0.507 e. The van der Waals surface area contributed by atoms with Gasteiger partial charge in [0.25, 0.3) is 0 Å². The van der Waals surface area contributed by atoms with Crippen molar-refractivity contribution in [2.24, 2.45) is 0 Å². The van der Waals surface area contributed by atoms with E-state index in [0.29, 0.717) is 3.77 Å². The Labute approximate surface area is 70.8 Å². The molecule has 0 aromatic carbocycles. The van der Waals surface area contributed by atoms with Gasteiger partial charge in [0.1, 0.15) is 5.75 Å². The van der Waals surface area contributed by atoms with E-state index in [2.05, 4.69) is 4.42 Å². The van der Waals surface area contributed by atoms with Crippen LogP contribution in [0, 0.1) is 10.7 Å². The van der Waals surface area contributed by atoms with Gasteiger partial charge < -0.3 is 9.52 Å². The predicted octanol–water partition coefficient (Wildman–Crippen LogP) is 1.26. The maximum absolute atomic E-state index is 10.7. The highest BCUT2D eigenvalue weighted by atomic mass is 127. The monoisotopic (exact) mass is 252 g/mol. The van der Waals surface area contributed by atoms with Gasteiger partial charge in [-0.1, -0.05) is 0 Å². The quantitative estimate of drug-likeness (QED) is 0.707. The zero-order valence-corrected chi connectivity index (χ0v) is 7.38. The molecule has 0 aliphatic heterocycles. The van der Waals surface area contributed by atoms with E-state index in [-0.39, 0.29) is 11.3 Å². The van der Waals surface area contributed by atoms with Crippen LogP contribution < -0.4 is 5.63 Å². The molecule has 0 bridgehead atoms. The van der Waals surface area contributed by atoms with Crippen LogP contribution in [0.3, 0.4) is 0 Å². The van der Waals surface area contributed by atoms with Crippen molar-refractivity contribution < 1.29 is 9.52 Å². The Morgan fingerprint density at radius 3 is 2.80 bits per heavy atom. The van der Waals surface area contributed by atoms with Crippen LogP contribution in [0.2, 0.25) is 0 Å². The highest BCUT2D eigenvalue weighted by Gasteiger charge is 2.02. The molecule has 0 saturated heterocycles. The van der Waals surface area contributed by atoms with Crippen molar-refractivity contribution in [2.75, 3.05) is 0 Å². The molecule has 0 atom stereocenters. The van der Waals surface area contributed by atoms with Crippen LogP contribution in [-0.2, 0) is 0 Å². The Morgan fingerprint density at radius 2 is 2.30 bits per heavy atom. The van der Waals surface area contributed by atoms with E-state index in [1.165, 1.54) is 13.0 Å². The van der Waals surface area contributed by atoms with Gasteiger partial charge in [0, 0.05) is 6.07 Å². The molecule has 10 heavy (non-hydrogen) atoms. The predicted molar refractivity (Wildman–Crippen MR) is 44.1 cm³/mol. The number of hydrogen-bond acceptors (Lipinski definition) is 3. The first-order valence-electron chi connectivity index (χ1n) is 2.60. The summed E-state index contributed by atoms with van der Waals surface area (Å²) in [6.07, 6.45) is 0. The fourth-order valence-corrected chi connectivity index (χ4v) is 1.01.